The molecule has 2 atom stereocenters. The van der Waals surface area contributed by atoms with Gasteiger partial charge < -0.3 is 20.1 Å². The summed E-state index contributed by atoms with van der Waals surface area (Å²) in [5.74, 6) is -0.941. The Balaban J connectivity index is 1.96. The molecule has 1 aromatic heterocycles. The van der Waals surface area contributed by atoms with E-state index in [9.17, 15) is 28.5 Å². The number of nitriles is 1. The maximum Gasteiger partial charge on any atom is 0.417 e. The number of hydrogen-bond donors (Lipinski definition) is 3. The smallest absolute Gasteiger partial charge is 0.417 e. The van der Waals surface area contributed by atoms with E-state index in [0.717, 1.165) is 10.6 Å². The molecule has 1 aromatic carbocycles. The number of rotatable bonds is 3. The first-order valence-corrected chi connectivity index (χ1v) is 8.39. The monoisotopic (exact) mass is 392 g/mol. The molecule has 2 aromatic rings. The minimum Gasteiger partial charge on any atom is -0.494 e. The predicted molar refractivity (Wildman–Crippen MR) is 89.8 cm³/mol. The van der Waals surface area contributed by atoms with Crippen LogP contribution in [0.2, 0.25) is 0 Å². The number of aromatic hydroxyl groups is 2. The standard InChI is InChI=1S/C19H15F3N2O4/c1-17-4-5-18(28-17,6-7-25)14-13(17)15(26)24(16(14)27)11-3-2-10(9-23)12(8-11)19(20,21)22/h2-5,8,25-27H,6-7H2,1H3/t17-,18-/m0/s1. The van der Waals surface area contributed by atoms with Crippen LogP contribution in [0.15, 0.2) is 30.4 Å². The van der Waals surface area contributed by atoms with Gasteiger partial charge in [0.2, 0.25) is 11.8 Å². The zero-order valence-corrected chi connectivity index (χ0v) is 14.6. The molecule has 3 N–H and O–H groups in total. The topological polar surface area (TPSA) is 98.6 Å². The van der Waals surface area contributed by atoms with Crippen molar-refractivity contribution in [1.82, 2.24) is 4.57 Å². The summed E-state index contributed by atoms with van der Waals surface area (Å²) in [7, 11) is 0. The van der Waals surface area contributed by atoms with Gasteiger partial charge in [-0.2, -0.15) is 18.4 Å². The highest BCUT2D eigenvalue weighted by Gasteiger charge is 2.58. The number of aliphatic hydroxyl groups excluding tert-OH is 1. The molecule has 0 aliphatic carbocycles. The van der Waals surface area contributed by atoms with Crippen LogP contribution in [0.5, 0.6) is 11.8 Å². The molecule has 2 aliphatic rings. The van der Waals surface area contributed by atoms with Gasteiger partial charge in [0.25, 0.3) is 0 Å². The van der Waals surface area contributed by atoms with E-state index in [1.165, 1.54) is 12.1 Å². The minimum absolute atomic E-state index is 0.101. The second-order valence-corrected chi connectivity index (χ2v) is 6.98. The molecule has 28 heavy (non-hydrogen) atoms. The van der Waals surface area contributed by atoms with Crippen molar-refractivity contribution in [1.29, 1.82) is 5.26 Å². The molecule has 2 aliphatic heterocycles. The molecule has 0 amide bonds. The fourth-order valence-electron chi connectivity index (χ4n) is 4.10. The van der Waals surface area contributed by atoms with Crippen LogP contribution < -0.4 is 0 Å². The Labute approximate surface area is 157 Å². The van der Waals surface area contributed by atoms with Crippen molar-refractivity contribution in [2.24, 2.45) is 0 Å². The summed E-state index contributed by atoms with van der Waals surface area (Å²) in [4.78, 5) is 0. The summed E-state index contributed by atoms with van der Waals surface area (Å²) < 4.78 is 46.7. The van der Waals surface area contributed by atoms with Crippen molar-refractivity contribution < 1.29 is 33.2 Å². The molecule has 0 saturated heterocycles. The van der Waals surface area contributed by atoms with Crippen LogP contribution in [-0.4, -0.2) is 26.5 Å². The first-order chi connectivity index (χ1) is 13.1. The van der Waals surface area contributed by atoms with Crippen LogP contribution in [0.1, 0.15) is 35.6 Å². The number of hydrogen-bond acceptors (Lipinski definition) is 5. The van der Waals surface area contributed by atoms with Gasteiger partial charge in [0.15, 0.2) is 0 Å². The van der Waals surface area contributed by atoms with E-state index in [0.29, 0.717) is 6.07 Å². The Morgan fingerprint density at radius 2 is 1.86 bits per heavy atom. The highest BCUT2D eigenvalue weighted by Crippen LogP contribution is 2.62. The SMILES string of the molecule is C[C@@]12C=C[C@@](CCO)(O1)c1c2c(O)n(-c2ccc(C#N)c(C(F)(F)F)c2)c1O. The number of fused-ring (bicyclic) bond motifs is 5. The van der Waals surface area contributed by atoms with E-state index >= 15 is 0 Å². The van der Waals surface area contributed by atoms with Crippen molar-refractivity contribution in [3.05, 3.63) is 52.6 Å². The molecule has 0 fully saturated rings. The van der Waals surface area contributed by atoms with E-state index in [1.54, 1.807) is 19.1 Å². The number of alkyl halides is 3. The lowest BCUT2D eigenvalue weighted by Gasteiger charge is -2.24. The third kappa shape index (κ3) is 2.22. The van der Waals surface area contributed by atoms with Gasteiger partial charge in [0.05, 0.1) is 34.0 Å². The molecule has 146 valence electrons. The van der Waals surface area contributed by atoms with Crippen LogP contribution in [0, 0.1) is 11.3 Å². The predicted octanol–water partition coefficient (Wildman–Crippen LogP) is 3.17. The van der Waals surface area contributed by atoms with Gasteiger partial charge in [-0.15, -0.1) is 0 Å². The highest BCUT2D eigenvalue weighted by molar-refractivity contribution is 5.64. The Kier molecular flexibility index (Phi) is 3.63. The lowest BCUT2D eigenvalue weighted by atomic mass is 9.83. The number of nitrogens with zero attached hydrogens (tertiary/aromatic N) is 2. The number of benzene rings is 1. The zero-order valence-electron chi connectivity index (χ0n) is 14.6. The summed E-state index contributed by atoms with van der Waals surface area (Å²) in [6.45, 7) is 1.39. The van der Waals surface area contributed by atoms with Gasteiger partial charge in [-0.1, -0.05) is 0 Å². The van der Waals surface area contributed by atoms with Crippen LogP contribution in [0.25, 0.3) is 5.69 Å². The first kappa shape index (κ1) is 18.4. The van der Waals surface area contributed by atoms with E-state index in [-0.39, 0.29) is 29.8 Å². The van der Waals surface area contributed by atoms with Gasteiger partial charge in [-0.05, 0) is 37.3 Å². The summed E-state index contributed by atoms with van der Waals surface area (Å²) in [6, 6.07) is 4.38. The third-order valence-corrected chi connectivity index (χ3v) is 5.28. The number of halogens is 3. The molecule has 9 heteroatoms. The van der Waals surface area contributed by atoms with Gasteiger partial charge in [-0.25, -0.2) is 0 Å². The normalized spacial score (nSPS) is 25.1. The van der Waals surface area contributed by atoms with Crippen molar-refractivity contribution in [2.75, 3.05) is 6.61 Å². The van der Waals surface area contributed by atoms with Crippen molar-refractivity contribution in [3.8, 4) is 23.5 Å². The quantitative estimate of drug-likeness (QED) is 0.697. The average Bonchev–Trinajstić information content (AvgIpc) is 3.19. The van der Waals surface area contributed by atoms with Gasteiger partial charge in [0.1, 0.15) is 11.2 Å². The molecule has 2 bridgehead atoms. The minimum atomic E-state index is -4.78. The summed E-state index contributed by atoms with van der Waals surface area (Å²) in [6.07, 6.45) is -1.34. The van der Waals surface area contributed by atoms with Gasteiger partial charge in [0, 0.05) is 13.0 Å². The van der Waals surface area contributed by atoms with Crippen molar-refractivity contribution >= 4 is 0 Å². The Bertz CT molecular complexity index is 1070. The maximum atomic E-state index is 13.3. The van der Waals surface area contributed by atoms with Gasteiger partial charge >= 0.3 is 6.18 Å². The molecule has 6 nitrogen and oxygen atoms in total. The summed E-state index contributed by atoms with van der Waals surface area (Å²) >= 11 is 0. The van der Waals surface area contributed by atoms with Crippen LogP contribution in [-0.2, 0) is 22.1 Å². The summed E-state index contributed by atoms with van der Waals surface area (Å²) in [5, 5.41) is 39.9. The Hall–Kier alpha value is -2.96. The van der Waals surface area contributed by atoms with E-state index < -0.39 is 40.3 Å². The second kappa shape index (κ2) is 5.53. The Morgan fingerprint density at radius 3 is 2.46 bits per heavy atom. The molecule has 0 unspecified atom stereocenters. The van der Waals surface area contributed by atoms with Crippen LogP contribution in [0.4, 0.5) is 13.2 Å². The molecular formula is C19H15F3N2O4. The molecule has 0 radical (unpaired) electrons. The van der Waals surface area contributed by atoms with Crippen LogP contribution >= 0.6 is 0 Å². The maximum absolute atomic E-state index is 13.3. The second-order valence-electron chi connectivity index (χ2n) is 6.98. The van der Waals surface area contributed by atoms with E-state index in [2.05, 4.69) is 0 Å². The van der Waals surface area contributed by atoms with Crippen molar-refractivity contribution in [3.63, 3.8) is 0 Å². The zero-order chi connectivity index (χ0) is 20.5. The van der Waals surface area contributed by atoms with Crippen LogP contribution in [0.3, 0.4) is 0 Å². The number of aromatic nitrogens is 1. The third-order valence-electron chi connectivity index (χ3n) is 5.28. The molecule has 3 heterocycles. The average molecular weight is 392 g/mol. The molecule has 4 rings (SSSR count). The lowest BCUT2D eigenvalue weighted by Crippen LogP contribution is -2.24. The largest absolute Gasteiger partial charge is 0.494 e. The van der Waals surface area contributed by atoms with E-state index in [4.69, 9.17) is 10.00 Å². The van der Waals surface area contributed by atoms with E-state index in [1.807, 2.05) is 0 Å². The van der Waals surface area contributed by atoms with Crippen molar-refractivity contribution in [2.45, 2.75) is 30.7 Å². The highest BCUT2D eigenvalue weighted by atomic mass is 19.4. The molecular weight excluding hydrogens is 377 g/mol. The summed E-state index contributed by atoms with van der Waals surface area (Å²) in [5.41, 5.74) is -3.71. The first-order valence-electron chi connectivity index (χ1n) is 8.39. The molecule has 0 spiro atoms. The van der Waals surface area contributed by atoms with Gasteiger partial charge in [-0.3, -0.25) is 4.57 Å². The lowest BCUT2D eigenvalue weighted by molar-refractivity contribution is -0.137. The Morgan fingerprint density at radius 1 is 1.18 bits per heavy atom. The fourth-order valence-corrected chi connectivity index (χ4v) is 4.10. The fraction of sp³-hybridized carbons (Fsp3) is 0.316. The number of aliphatic hydroxyl groups is 1. The number of ether oxygens (including phenoxy) is 1. The molecule has 0 saturated carbocycles.